The Morgan fingerprint density at radius 2 is 1.50 bits per heavy atom. The third kappa shape index (κ3) is 3.09. The fraction of sp³-hybridized carbons (Fsp3) is 0.941. The number of nitrogens with zero attached hydrogens (tertiary/aromatic N) is 1. The molecule has 1 heterocycles. The van der Waals surface area contributed by atoms with E-state index in [9.17, 15) is 4.79 Å². The predicted molar refractivity (Wildman–Crippen MR) is 83.7 cm³/mol. The maximum atomic E-state index is 13.0. The van der Waals surface area contributed by atoms with Crippen LogP contribution in [-0.4, -0.2) is 34.6 Å². The summed E-state index contributed by atoms with van der Waals surface area (Å²) >= 11 is 0. The fourth-order valence-corrected chi connectivity index (χ4v) is 3.36. The molecular weight excluding hydrogens is 250 g/mol. The second kappa shape index (κ2) is 4.81. The van der Waals surface area contributed by atoms with E-state index < -0.39 is 5.54 Å². The largest absolute Gasteiger partial charge is 0.360 e. The average molecular weight is 283 g/mol. The van der Waals surface area contributed by atoms with E-state index in [1.54, 1.807) is 0 Å². The summed E-state index contributed by atoms with van der Waals surface area (Å²) in [4.78, 5) is 15.3. The van der Waals surface area contributed by atoms with Crippen molar-refractivity contribution in [3.8, 4) is 0 Å². The Labute approximate surface area is 125 Å². The van der Waals surface area contributed by atoms with Crippen LogP contribution in [0.1, 0.15) is 69.2 Å². The number of carbonyl (C=O) groups excluding carboxylic acids is 1. The van der Waals surface area contributed by atoms with Crippen LogP contribution in [-0.2, 0) is 9.53 Å². The molecule has 1 aliphatic heterocycles. The summed E-state index contributed by atoms with van der Waals surface area (Å²) in [7, 11) is 0. The zero-order valence-corrected chi connectivity index (χ0v) is 15.0. The Morgan fingerprint density at radius 3 is 1.80 bits per heavy atom. The Hall–Kier alpha value is -0.410. The second-order valence-corrected chi connectivity index (χ2v) is 9.42. The highest BCUT2D eigenvalue weighted by molar-refractivity contribution is 5.93. The molecule has 2 unspecified atom stereocenters. The van der Waals surface area contributed by atoms with Crippen LogP contribution < -0.4 is 0 Å². The number of ketones is 1. The molecule has 0 spiro atoms. The maximum absolute atomic E-state index is 13.0. The van der Waals surface area contributed by atoms with Crippen LogP contribution >= 0.6 is 0 Å². The van der Waals surface area contributed by atoms with Crippen LogP contribution in [0.3, 0.4) is 0 Å². The van der Waals surface area contributed by atoms with Gasteiger partial charge < -0.3 is 4.74 Å². The lowest BCUT2D eigenvalue weighted by atomic mass is 9.76. The fourth-order valence-electron chi connectivity index (χ4n) is 3.36. The number of hydrogen-bond acceptors (Lipinski definition) is 3. The molecule has 1 aliphatic rings. The molecule has 0 amide bonds. The molecule has 0 bridgehead atoms. The molecule has 0 aromatic rings. The van der Waals surface area contributed by atoms with Gasteiger partial charge in [-0.25, -0.2) is 0 Å². The Bertz CT molecular complexity index is 381. The summed E-state index contributed by atoms with van der Waals surface area (Å²) in [6.07, 6.45) is -0.0428. The van der Waals surface area contributed by atoms with Gasteiger partial charge in [0.2, 0.25) is 0 Å². The van der Waals surface area contributed by atoms with Gasteiger partial charge in [0.25, 0.3) is 0 Å². The van der Waals surface area contributed by atoms with Crippen molar-refractivity contribution in [3.05, 3.63) is 0 Å². The molecule has 118 valence electrons. The number of Topliss-reactive ketones (excluding diaryl/α,β-unsaturated/α-hetero) is 1. The standard InChI is InChI=1S/C17H33NO2/c1-14(2,3)12(19)17(10)11-20-13(15(4,5)6)18(17)16(7,8)9/h13H,11H2,1-10H3. The smallest absolute Gasteiger partial charge is 0.160 e. The van der Waals surface area contributed by atoms with Gasteiger partial charge >= 0.3 is 0 Å². The van der Waals surface area contributed by atoms with Crippen LogP contribution in [0.5, 0.6) is 0 Å². The van der Waals surface area contributed by atoms with Crippen molar-refractivity contribution in [1.29, 1.82) is 0 Å². The predicted octanol–water partition coefficient (Wildman–Crippen LogP) is 3.86. The quantitative estimate of drug-likeness (QED) is 0.732. The SMILES string of the molecule is CC(C)(C)C(=O)C1(C)COC(C(C)(C)C)N1C(C)(C)C. The van der Waals surface area contributed by atoms with Gasteiger partial charge in [0.1, 0.15) is 11.8 Å². The van der Waals surface area contributed by atoms with Gasteiger partial charge in [-0.2, -0.15) is 0 Å². The summed E-state index contributed by atoms with van der Waals surface area (Å²) in [5.41, 5.74) is -1.07. The van der Waals surface area contributed by atoms with Gasteiger partial charge in [-0.15, -0.1) is 0 Å². The Balaban J connectivity index is 3.31. The summed E-state index contributed by atoms with van der Waals surface area (Å²) in [5, 5.41) is 0. The first-order valence-electron chi connectivity index (χ1n) is 7.58. The molecule has 0 aliphatic carbocycles. The van der Waals surface area contributed by atoms with Crippen molar-refractivity contribution >= 4 is 5.78 Å². The second-order valence-electron chi connectivity index (χ2n) is 9.42. The zero-order chi connectivity index (χ0) is 16.1. The van der Waals surface area contributed by atoms with E-state index in [2.05, 4.69) is 46.4 Å². The van der Waals surface area contributed by atoms with Gasteiger partial charge in [-0.1, -0.05) is 41.5 Å². The van der Waals surface area contributed by atoms with Crippen molar-refractivity contribution in [2.75, 3.05) is 6.61 Å². The molecule has 0 N–H and O–H groups in total. The van der Waals surface area contributed by atoms with Gasteiger partial charge in [0.15, 0.2) is 5.78 Å². The normalized spacial score (nSPS) is 29.8. The van der Waals surface area contributed by atoms with E-state index in [4.69, 9.17) is 4.74 Å². The van der Waals surface area contributed by atoms with Gasteiger partial charge in [-0.3, -0.25) is 9.69 Å². The van der Waals surface area contributed by atoms with Crippen molar-refractivity contribution < 1.29 is 9.53 Å². The van der Waals surface area contributed by atoms with E-state index >= 15 is 0 Å². The third-order valence-electron chi connectivity index (χ3n) is 3.92. The van der Waals surface area contributed by atoms with Crippen molar-refractivity contribution in [2.45, 2.75) is 86.5 Å². The molecule has 1 fully saturated rings. The minimum Gasteiger partial charge on any atom is -0.360 e. The highest BCUT2D eigenvalue weighted by Gasteiger charge is 2.57. The lowest BCUT2D eigenvalue weighted by Gasteiger charge is -2.49. The molecule has 2 atom stereocenters. The van der Waals surface area contributed by atoms with Gasteiger partial charge in [0.05, 0.1) is 6.61 Å². The molecule has 0 saturated carbocycles. The lowest BCUT2D eigenvalue weighted by Crippen LogP contribution is -2.63. The molecule has 20 heavy (non-hydrogen) atoms. The van der Waals surface area contributed by atoms with Crippen molar-refractivity contribution in [1.82, 2.24) is 4.90 Å². The molecule has 0 aromatic carbocycles. The summed E-state index contributed by atoms with van der Waals surface area (Å²) in [6.45, 7) is 21.5. The molecule has 3 nitrogen and oxygen atoms in total. The summed E-state index contributed by atoms with van der Waals surface area (Å²) in [6, 6.07) is 0. The van der Waals surface area contributed by atoms with E-state index in [0.29, 0.717) is 6.61 Å². The maximum Gasteiger partial charge on any atom is 0.160 e. The third-order valence-corrected chi connectivity index (χ3v) is 3.92. The number of hydrogen-bond donors (Lipinski definition) is 0. The molecule has 0 radical (unpaired) electrons. The molecule has 3 heteroatoms. The van der Waals surface area contributed by atoms with E-state index in [-0.39, 0.29) is 28.4 Å². The van der Waals surface area contributed by atoms with E-state index in [1.807, 2.05) is 27.7 Å². The molecule has 1 rings (SSSR count). The first-order chi connectivity index (χ1) is 8.62. The topological polar surface area (TPSA) is 29.5 Å². The molecule has 1 saturated heterocycles. The van der Waals surface area contributed by atoms with Gasteiger partial charge in [-0.05, 0) is 27.7 Å². The van der Waals surface area contributed by atoms with Crippen molar-refractivity contribution in [3.63, 3.8) is 0 Å². The summed E-state index contributed by atoms with van der Waals surface area (Å²) < 4.78 is 6.09. The van der Waals surface area contributed by atoms with Crippen LogP contribution in [0, 0.1) is 10.8 Å². The molecule has 0 aromatic heterocycles. The van der Waals surface area contributed by atoms with E-state index in [1.165, 1.54) is 0 Å². The Morgan fingerprint density at radius 1 is 1.05 bits per heavy atom. The number of carbonyl (C=O) groups is 1. The minimum atomic E-state index is -0.561. The first kappa shape index (κ1) is 17.6. The number of rotatable bonds is 1. The van der Waals surface area contributed by atoms with Gasteiger partial charge in [0, 0.05) is 16.4 Å². The van der Waals surface area contributed by atoms with Crippen LogP contribution in [0.2, 0.25) is 0 Å². The Kier molecular flexibility index (Phi) is 4.24. The highest BCUT2D eigenvalue weighted by atomic mass is 16.5. The minimum absolute atomic E-state index is 0.0246. The van der Waals surface area contributed by atoms with E-state index in [0.717, 1.165) is 0 Å². The monoisotopic (exact) mass is 283 g/mol. The van der Waals surface area contributed by atoms with Crippen LogP contribution in [0.15, 0.2) is 0 Å². The summed E-state index contributed by atoms with van der Waals surface area (Å²) in [5.74, 6) is 0.256. The number of ether oxygens (including phenoxy) is 1. The van der Waals surface area contributed by atoms with Crippen LogP contribution in [0.25, 0.3) is 0 Å². The molecular formula is C17H33NO2. The first-order valence-corrected chi connectivity index (χ1v) is 7.58. The zero-order valence-electron chi connectivity index (χ0n) is 15.0. The average Bonchev–Trinajstić information content (AvgIpc) is 2.53. The lowest BCUT2D eigenvalue weighted by molar-refractivity contribution is -0.144. The highest BCUT2D eigenvalue weighted by Crippen LogP contribution is 2.44. The van der Waals surface area contributed by atoms with Crippen molar-refractivity contribution in [2.24, 2.45) is 10.8 Å². The van der Waals surface area contributed by atoms with Crippen LogP contribution in [0.4, 0.5) is 0 Å².